The molecule has 16 heavy (non-hydrogen) atoms. The molecule has 0 aromatic heterocycles. The van der Waals surface area contributed by atoms with Crippen molar-refractivity contribution in [3.8, 4) is 0 Å². The Morgan fingerprint density at radius 2 is 1.69 bits per heavy atom. The van der Waals surface area contributed by atoms with E-state index in [0.717, 1.165) is 6.42 Å². The second-order valence-corrected chi connectivity index (χ2v) is 5.19. The molecule has 0 aliphatic carbocycles. The van der Waals surface area contributed by atoms with Crippen LogP contribution in [0.25, 0.3) is 0 Å². The van der Waals surface area contributed by atoms with Crippen LogP contribution in [-0.2, 0) is 4.74 Å². The van der Waals surface area contributed by atoms with Crippen LogP contribution in [0.2, 0.25) is 0 Å². The van der Waals surface area contributed by atoms with Crippen molar-refractivity contribution in [2.45, 2.75) is 60.5 Å². The summed E-state index contributed by atoms with van der Waals surface area (Å²) in [6, 6.07) is 0. The van der Waals surface area contributed by atoms with Gasteiger partial charge in [0, 0.05) is 7.11 Å². The van der Waals surface area contributed by atoms with Crippen LogP contribution in [0.3, 0.4) is 0 Å². The molecule has 0 saturated carbocycles. The summed E-state index contributed by atoms with van der Waals surface area (Å²) >= 11 is 0. The second kappa shape index (κ2) is 7.67. The third kappa shape index (κ3) is 6.12. The summed E-state index contributed by atoms with van der Waals surface area (Å²) in [7, 11) is 1.78. The third-order valence-electron chi connectivity index (χ3n) is 3.80. The Balaban J connectivity index is 0. The molecule has 0 fully saturated rings. The molecule has 0 aromatic rings. The molecular weight excluding hydrogens is 196 g/mol. The first-order valence-corrected chi connectivity index (χ1v) is 5.99. The minimum absolute atomic E-state index is 0.0122. The lowest BCUT2D eigenvalue weighted by molar-refractivity contribution is -0.0723. The number of hydrogen-bond donors (Lipinski definition) is 0. The summed E-state index contributed by atoms with van der Waals surface area (Å²) in [4.78, 5) is 0. The highest BCUT2D eigenvalue weighted by Gasteiger charge is 2.34. The highest BCUT2D eigenvalue weighted by Crippen LogP contribution is 2.35. The lowest BCUT2D eigenvalue weighted by Gasteiger charge is -2.39. The lowest BCUT2D eigenvalue weighted by Crippen LogP contribution is -2.40. The normalized spacial score (nSPS) is 12.9. The van der Waals surface area contributed by atoms with Gasteiger partial charge < -0.3 is 4.74 Å². The molecule has 0 aliphatic rings. The van der Waals surface area contributed by atoms with Gasteiger partial charge in [-0.15, -0.1) is 0 Å². The maximum atomic E-state index is 5.39. The Morgan fingerprint density at radius 1 is 1.25 bits per heavy atom. The van der Waals surface area contributed by atoms with Crippen LogP contribution in [0, 0.1) is 5.41 Å². The Hall–Kier alpha value is -0.560. The largest absolute Gasteiger partial charge is 0.378 e. The first kappa shape index (κ1) is 17.8. The van der Waals surface area contributed by atoms with Gasteiger partial charge in [-0.25, -0.2) is 0 Å². The third-order valence-corrected chi connectivity index (χ3v) is 3.80. The molecule has 0 heterocycles. The molecule has 0 unspecified atom stereocenters. The smallest absolute Gasteiger partial charge is 0.0673 e. The standard InChI is InChI=1S/C9H20O.C6H10/c1-7-8(2,3)9(4,5)10-6;1-4-6(3)5-2/h7H2,1-6H3;4-5H,1H2,2-3H3/b;6-5-. The molecule has 0 radical (unpaired) electrons. The van der Waals surface area contributed by atoms with E-state index in [9.17, 15) is 0 Å². The van der Waals surface area contributed by atoms with E-state index < -0.39 is 0 Å². The summed E-state index contributed by atoms with van der Waals surface area (Å²) in [6.45, 7) is 18.5. The van der Waals surface area contributed by atoms with Gasteiger partial charge in [0.05, 0.1) is 5.60 Å². The first-order valence-electron chi connectivity index (χ1n) is 5.99. The fraction of sp³-hybridized carbons (Fsp3) is 0.733. The summed E-state index contributed by atoms with van der Waals surface area (Å²) in [5.74, 6) is 0. The van der Waals surface area contributed by atoms with Crippen molar-refractivity contribution in [1.29, 1.82) is 0 Å². The van der Waals surface area contributed by atoms with Crippen LogP contribution in [-0.4, -0.2) is 12.7 Å². The summed E-state index contributed by atoms with van der Waals surface area (Å²) in [5.41, 5.74) is 1.48. The molecule has 96 valence electrons. The molecule has 0 atom stereocenters. The fourth-order valence-corrected chi connectivity index (χ4v) is 0.820. The van der Waals surface area contributed by atoms with Gasteiger partial charge in [-0.1, -0.05) is 45.1 Å². The van der Waals surface area contributed by atoms with E-state index in [1.807, 2.05) is 26.0 Å². The zero-order chi connectivity index (χ0) is 13.4. The zero-order valence-electron chi connectivity index (χ0n) is 12.5. The van der Waals surface area contributed by atoms with Crippen LogP contribution in [0.1, 0.15) is 54.9 Å². The van der Waals surface area contributed by atoms with Crippen molar-refractivity contribution < 1.29 is 4.74 Å². The van der Waals surface area contributed by atoms with Crippen LogP contribution in [0.15, 0.2) is 24.3 Å². The van der Waals surface area contributed by atoms with Gasteiger partial charge in [-0.05, 0) is 39.5 Å². The minimum Gasteiger partial charge on any atom is -0.378 e. The molecule has 0 saturated heterocycles. The summed E-state index contributed by atoms with van der Waals surface area (Å²) in [5, 5.41) is 0. The second-order valence-electron chi connectivity index (χ2n) is 5.19. The van der Waals surface area contributed by atoms with Gasteiger partial charge in [0.25, 0.3) is 0 Å². The van der Waals surface area contributed by atoms with Gasteiger partial charge in [0.15, 0.2) is 0 Å². The van der Waals surface area contributed by atoms with E-state index in [4.69, 9.17) is 4.74 Å². The highest BCUT2D eigenvalue weighted by molar-refractivity contribution is 5.10. The quantitative estimate of drug-likeness (QED) is 0.614. The molecule has 1 nitrogen and oxygen atoms in total. The molecule has 0 bridgehead atoms. The van der Waals surface area contributed by atoms with Gasteiger partial charge in [-0.3, -0.25) is 0 Å². The summed E-state index contributed by atoms with van der Waals surface area (Å²) < 4.78 is 5.39. The van der Waals surface area contributed by atoms with Gasteiger partial charge in [0.2, 0.25) is 0 Å². The topological polar surface area (TPSA) is 9.23 Å². The molecule has 0 spiro atoms. The minimum atomic E-state index is -0.0122. The van der Waals surface area contributed by atoms with Gasteiger partial charge >= 0.3 is 0 Å². The van der Waals surface area contributed by atoms with Crippen LogP contribution in [0.5, 0.6) is 0 Å². The van der Waals surface area contributed by atoms with Crippen LogP contribution in [0.4, 0.5) is 0 Å². The molecule has 0 aromatic carbocycles. The first-order chi connectivity index (χ1) is 7.18. The number of methoxy groups -OCH3 is 1. The molecule has 0 amide bonds. The maximum absolute atomic E-state index is 5.39. The van der Waals surface area contributed by atoms with E-state index in [0.29, 0.717) is 0 Å². The van der Waals surface area contributed by atoms with Crippen molar-refractivity contribution in [2.24, 2.45) is 5.41 Å². The van der Waals surface area contributed by atoms with E-state index in [2.05, 4.69) is 41.2 Å². The predicted molar refractivity (Wildman–Crippen MR) is 74.8 cm³/mol. The molecule has 1 heteroatoms. The Morgan fingerprint density at radius 3 is 1.75 bits per heavy atom. The van der Waals surface area contributed by atoms with Crippen molar-refractivity contribution in [3.63, 3.8) is 0 Å². The number of rotatable bonds is 4. The molecule has 0 N–H and O–H groups in total. The Labute approximate surface area is 103 Å². The lowest BCUT2D eigenvalue weighted by atomic mass is 9.75. The van der Waals surface area contributed by atoms with Crippen molar-refractivity contribution in [3.05, 3.63) is 24.3 Å². The maximum Gasteiger partial charge on any atom is 0.0673 e. The van der Waals surface area contributed by atoms with E-state index in [1.165, 1.54) is 5.57 Å². The summed E-state index contributed by atoms with van der Waals surface area (Å²) in [6.07, 6.45) is 5.00. The van der Waals surface area contributed by atoms with E-state index in [1.54, 1.807) is 7.11 Å². The molecular formula is C15H30O. The van der Waals surface area contributed by atoms with Crippen molar-refractivity contribution >= 4 is 0 Å². The zero-order valence-corrected chi connectivity index (χ0v) is 12.5. The Bertz CT molecular complexity index is 208. The number of allylic oxidation sites excluding steroid dienone is 3. The monoisotopic (exact) mass is 226 g/mol. The Kier molecular flexibility index (Phi) is 8.54. The van der Waals surface area contributed by atoms with E-state index in [-0.39, 0.29) is 11.0 Å². The average molecular weight is 226 g/mol. The number of ether oxygens (including phenoxy) is 1. The predicted octanol–water partition coefficient (Wildman–Crippen LogP) is 4.99. The van der Waals surface area contributed by atoms with Crippen molar-refractivity contribution in [2.75, 3.05) is 7.11 Å². The highest BCUT2D eigenvalue weighted by atomic mass is 16.5. The van der Waals surface area contributed by atoms with Crippen molar-refractivity contribution in [1.82, 2.24) is 0 Å². The van der Waals surface area contributed by atoms with Gasteiger partial charge in [0.1, 0.15) is 0 Å². The fourth-order valence-electron chi connectivity index (χ4n) is 0.820. The number of hydrogen-bond acceptors (Lipinski definition) is 1. The molecule has 0 aliphatic heterocycles. The SMILES string of the molecule is C=C/C(C)=C\C.CCC(C)(C)C(C)(C)OC. The van der Waals surface area contributed by atoms with E-state index >= 15 is 0 Å². The van der Waals surface area contributed by atoms with Crippen LogP contribution < -0.4 is 0 Å². The average Bonchev–Trinajstić information content (AvgIpc) is 2.28. The molecule has 0 rings (SSSR count). The van der Waals surface area contributed by atoms with Gasteiger partial charge in [-0.2, -0.15) is 0 Å². The van der Waals surface area contributed by atoms with Crippen LogP contribution >= 0.6 is 0 Å².